The summed E-state index contributed by atoms with van der Waals surface area (Å²) in [5, 5.41) is 0.996. The van der Waals surface area contributed by atoms with E-state index in [1.165, 1.54) is 0 Å². The molecular weight excluding hydrogens is 208 g/mol. The zero-order valence-electron chi connectivity index (χ0n) is 7.31. The Kier molecular flexibility index (Phi) is 8.81. The lowest BCUT2D eigenvalue weighted by Crippen LogP contribution is -2.15. The van der Waals surface area contributed by atoms with E-state index in [0.717, 1.165) is 31.2 Å². The molecule has 3 heteroatoms. The van der Waals surface area contributed by atoms with Crippen LogP contribution in [0, 0.1) is 0 Å². The maximum absolute atomic E-state index is 5.42. The van der Waals surface area contributed by atoms with E-state index in [1.807, 2.05) is 0 Å². The van der Waals surface area contributed by atoms with E-state index >= 15 is 0 Å². The molecule has 0 spiro atoms. The molecule has 1 unspecified atom stereocenters. The maximum atomic E-state index is 5.42. The van der Waals surface area contributed by atoms with Gasteiger partial charge in [0.25, 0.3) is 0 Å². The van der Waals surface area contributed by atoms with Crippen LogP contribution in [0.4, 0.5) is 0 Å². The first-order valence-corrected chi connectivity index (χ1v) is 5.17. The minimum Gasteiger partial charge on any atom is -0.356 e. The molecule has 0 heterocycles. The molecule has 0 aromatic carbocycles. The fourth-order valence-electron chi connectivity index (χ4n) is 0.774. The van der Waals surface area contributed by atoms with Gasteiger partial charge in [-0.25, -0.2) is 0 Å². The van der Waals surface area contributed by atoms with Gasteiger partial charge >= 0.3 is 0 Å². The predicted molar refractivity (Wildman–Crippen MR) is 50.1 cm³/mol. The summed E-state index contributed by atoms with van der Waals surface area (Å²) in [7, 11) is 1.69. The number of halogens is 1. The molecule has 0 aliphatic carbocycles. The van der Waals surface area contributed by atoms with Gasteiger partial charge in [-0.1, -0.05) is 29.3 Å². The van der Waals surface area contributed by atoms with Crippen molar-refractivity contribution in [3.05, 3.63) is 0 Å². The highest BCUT2D eigenvalue weighted by atomic mass is 79.9. The average Bonchev–Trinajstić information content (AvgIpc) is 2.03. The zero-order valence-corrected chi connectivity index (χ0v) is 8.89. The van der Waals surface area contributed by atoms with E-state index in [9.17, 15) is 0 Å². The van der Waals surface area contributed by atoms with Crippen molar-refractivity contribution in [3.8, 4) is 0 Å². The third kappa shape index (κ3) is 6.78. The van der Waals surface area contributed by atoms with Gasteiger partial charge in [-0.2, -0.15) is 0 Å². The summed E-state index contributed by atoms with van der Waals surface area (Å²) < 4.78 is 10.5. The lowest BCUT2D eigenvalue weighted by molar-refractivity contribution is -0.127. The molecule has 1 atom stereocenters. The van der Waals surface area contributed by atoms with Gasteiger partial charge in [-0.3, -0.25) is 0 Å². The first-order valence-electron chi connectivity index (χ1n) is 4.05. The smallest absolute Gasteiger partial charge is 0.157 e. The van der Waals surface area contributed by atoms with Crippen LogP contribution in [-0.2, 0) is 9.47 Å². The molecule has 0 amide bonds. The Bertz CT molecular complexity index is 78.5. The van der Waals surface area contributed by atoms with Gasteiger partial charge < -0.3 is 9.47 Å². The zero-order chi connectivity index (χ0) is 8.53. The van der Waals surface area contributed by atoms with Crippen LogP contribution in [-0.4, -0.2) is 25.3 Å². The number of rotatable bonds is 7. The summed E-state index contributed by atoms with van der Waals surface area (Å²) in [6.45, 7) is 2.91. The molecule has 0 aliphatic heterocycles. The Hall–Kier alpha value is 0.400. The molecule has 2 nitrogen and oxygen atoms in total. The third-order valence-corrected chi connectivity index (χ3v) is 1.93. The molecule has 11 heavy (non-hydrogen) atoms. The van der Waals surface area contributed by atoms with Gasteiger partial charge in [-0.15, -0.1) is 0 Å². The molecule has 0 N–H and O–H groups in total. The standard InChI is InChI=1S/C8H17BrO2/c1-3-5-8(10-2)11-7-4-6-9/h8H,3-7H2,1-2H3. The number of hydrogen-bond acceptors (Lipinski definition) is 2. The SMILES string of the molecule is CCCC(OC)OCCCBr. The molecule has 0 aromatic heterocycles. The van der Waals surface area contributed by atoms with E-state index in [2.05, 4.69) is 22.9 Å². The normalized spacial score (nSPS) is 13.4. The van der Waals surface area contributed by atoms with Crippen molar-refractivity contribution >= 4 is 15.9 Å². The Morgan fingerprint density at radius 3 is 2.64 bits per heavy atom. The average molecular weight is 225 g/mol. The van der Waals surface area contributed by atoms with Gasteiger partial charge in [-0.05, 0) is 12.8 Å². The minimum absolute atomic E-state index is 0.000880. The molecule has 0 saturated carbocycles. The van der Waals surface area contributed by atoms with Crippen molar-refractivity contribution in [2.45, 2.75) is 32.5 Å². The summed E-state index contributed by atoms with van der Waals surface area (Å²) in [6, 6.07) is 0. The first-order chi connectivity index (χ1) is 5.35. The van der Waals surface area contributed by atoms with E-state index < -0.39 is 0 Å². The minimum atomic E-state index is -0.000880. The van der Waals surface area contributed by atoms with Crippen molar-refractivity contribution in [1.82, 2.24) is 0 Å². The van der Waals surface area contributed by atoms with Crippen molar-refractivity contribution in [3.63, 3.8) is 0 Å². The number of alkyl halides is 1. The molecule has 0 aliphatic rings. The van der Waals surface area contributed by atoms with Crippen LogP contribution in [0.2, 0.25) is 0 Å². The van der Waals surface area contributed by atoms with Crippen LogP contribution in [0.25, 0.3) is 0 Å². The van der Waals surface area contributed by atoms with Gasteiger partial charge in [0.15, 0.2) is 6.29 Å². The highest BCUT2D eigenvalue weighted by molar-refractivity contribution is 9.09. The van der Waals surface area contributed by atoms with Crippen molar-refractivity contribution in [2.24, 2.45) is 0 Å². The molecule has 0 fully saturated rings. The molecule has 0 saturated heterocycles. The summed E-state index contributed by atoms with van der Waals surface area (Å²) in [6.07, 6.45) is 3.13. The number of ether oxygens (including phenoxy) is 2. The fourth-order valence-corrected chi connectivity index (χ4v) is 1.00. The molecule has 0 aromatic rings. The van der Waals surface area contributed by atoms with Crippen LogP contribution in [0.3, 0.4) is 0 Å². The maximum Gasteiger partial charge on any atom is 0.157 e. The molecule has 0 rings (SSSR count). The van der Waals surface area contributed by atoms with Crippen LogP contribution < -0.4 is 0 Å². The molecule has 0 radical (unpaired) electrons. The van der Waals surface area contributed by atoms with Crippen LogP contribution in [0.1, 0.15) is 26.2 Å². The molecule has 0 bridgehead atoms. The predicted octanol–water partition coefficient (Wildman–Crippen LogP) is 2.56. The van der Waals surface area contributed by atoms with Crippen LogP contribution in [0.15, 0.2) is 0 Å². The Morgan fingerprint density at radius 1 is 1.45 bits per heavy atom. The van der Waals surface area contributed by atoms with E-state index in [0.29, 0.717) is 0 Å². The highest BCUT2D eigenvalue weighted by Crippen LogP contribution is 2.03. The van der Waals surface area contributed by atoms with Crippen LogP contribution in [0.5, 0.6) is 0 Å². The second kappa shape index (κ2) is 8.50. The molecule has 68 valence electrons. The second-order valence-electron chi connectivity index (χ2n) is 2.37. The Labute approximate surface area is 77.4 Å². The molecular formula is C8H17BrO2. The summed E-state index contributed by atoms with van der Waals surface area (Å²) in [4.78, 5) is 0. The monoisotopic (exact) mass is 224 g/mol. The Morgan fingerprint density at radius 2 is 2.18 bits per heavy atom. The van der Waals surface area contributed by atoms with Crippen molar-refractivity contribution in [1.29, 1.82) is 0 Å². The van der Waals surface area contributed by atoms with E-state index in [-0.39, 0.29) is 6.29 Å². The van der Waals surface area contributed by atoms with Gasteiger partial charge in [0.1, 0.15) is 0 Å². The Balaban J connectivity index is 3.20. The van der Waals surface area contributed by atoms with E-state index in [4.69, 9.17) is 9.47 Å². The lowest BCUT2D eigenvalue weighted by atomic mass is 10.3. The van der Waals surface area contributed by atoms with E-state index in [1.54, 1.807) is 7.11 Å². The number of methoxy groups -OCH3 is 1. The van der Waals surface area contributed by atoms with Crippen LogP contribution >= 0.6 is 15.9 Å². The quantitative estimate of drug-likeness (QED) is 0.376. The second-order valence-corrected chi connectivity index (χ2v) is 3.16. The van der Waals surface area contributed by atoms with Gasteiger partial charge in [0.2, 0.25) is 0 Å². The van der Waals surface area contributed by atoms with Gasteiger partial charge in [0.05, 0.1) is 6.61 Å². The highest BCUT2D eigenvalue weighted by Gasteiger charge is 2.03. The topological polar surface area (TPSA) is 18.5 Å². The first kappa shape index (κ1) is 11.4. The summed E-state index contributed by atoms with van der Waals surface area (Å²) in [5.41, 5.74) is 0. The largest absolute Gasteiger partial charge is 0.356 e. The summed E-state index contributed by atoms with van der Waals surface area (Å²) in [5.74, 6) is 0. The van der Waals surface area contributed by atoms with Crippen molar-refractivity contribution < 1.29 is 9.47 Å². The lowest BCUT2D eigenvalue weighted by Gasteiger charge is -2.14. The fraction of sp³-hybridized carbons (Fsp3) is 1.00. The van der Waals surface area contributed by atoms with Crippen molar-refractivity contribution in [2.75, 3.05) is 19.0 Å². The number of hydrogen-bond donors (Lipinski definition) is 0. The third-order valence-electron chi connectivity index (χ3n) is 1.37. The van der Waals surface area contributed by atoms with Gasteiger partial charge in [0, 0.05) is 12.4 Å². The summed E-state index contributed by atoms with van der Waals surface area (Å²) >= 11 is 3.34.